The first kappa shape index (κ1) is 17.3. The van der Waals surface area contributed by atoms with Crippen LogP contribution in [0.1, 0.15) is 15.9 Å². The second-order valence-corrected chi connectivity index (χ2v) is 6.98. The van der Waals surface area contributed by atoms with E-state index in [4.69, 9.17) is 4.74 Å². The lowest BCUT2D eigenvalue weighted by Crippen LogP contribution is -2.63. The van der Waals surface area contributed by atoms with Gasteiger partial charge in [0.05, 0.1) is 5.56 Å². The van der Waals surface area contributed by atoms with E-state index in [1.54, 1.807) is 4.90 Å². The molecule has 2 fully saturated rings. The van der Waals surface area contributed by atoms with Crippen LogP contribution in [0.3, 0.4) is 0 Å². The first-order valence-electron chi connectivity index (χ1n) is 8.75. The van der Waals surface area contributed by atoms with Crippen LogP contribution in [0.5, 0.6) is 5.75 Å². The number of aromatic hydroxyl groups is 1. The van der Waals surface area contributed by atoms with Gasteiger partial charge in [-0.1, -0.05) is 30.3 Å². The van der Waals surface area contributed by atoms with Crippen molar-refractivity contribution in [1.29, 1.82) is 0 Å². The van der Waals surface area contributed by atoms with Crippen LogP contribution in [-0.2, 0) is 11.2 Å². The Morgan fingerprint density at radius 3 is 2.74 bits per heavy atom. The molecule has 2 aliphatic rings. The highest BCUT2D eigenvalue weighted by Crippen LogP contribution is 2.33. The molecule has 27 heavy (non-hydrogen) atoms. The number of benzene rings is 2. The maximum atomic E-state index is 14.1. The smallest absolute Gasteiger partial charge is 0.410 e. The Morgan fingerprint density at radius 2 is 1.96 bits per heavy atom. The van der Waals surface area contributed by atoms with Crippen LogP contribution < -0.4 is 0 Å². The summed E-state index contributed by atoms with van der Waals surface area (Å²) in [7, 11) is 0. The fraction of sp³-hybridized carbons (Fsp3) is 0.300. The topological polar surface area (TPSA) is 70.1 Å². The van der Waals surface area contributed by atoms with Gasteiger partial charge in [-0.15, -0.1) is 0 Å². The maximum absolute atomic E-state index is 14.1. The van der Waals surface area contributed by atoms with Crippen LogP contribution in [-0.4, -0.2) is 58.7 Å². The third-order valence-corrected chi connectivity index (χ3v) is 5.18. The van der Waals surface area contributed by atoms with Gasteiger partial charge < -0.3 is 14.7 Å². The van der Waals surface area contributed by atoms with E-state index in [2.05, 4.69) is 0 Å². The number of piperazine rings is 1. The van der Waals surface area contributed by atoms with E-state index in [1.807, 2.05) is 30.3 Å². The minimum Gasteiger partial charge on any atom is -0.508 e. The van der Waals surface area contributed by atoms with Crippen LogP contribution in [0, 0.1) is 5.82 Å². The predicted octanol–water partition coefficient (Wildman–Crippen LogP) is 2.42. The van der Waals surface area contributed by atoms with Crippen molar-refractivity contribution >= 4 is 12.0 Å². The maximum Gasteiger partial charge on any atom is 0.410 e. The van der Waals surface area contributed by atoms with Crippen molar-refractivity contribution in [3.8, 4) is 5.75 Å². The van der Waals surface area contributed by atoms with Gasteiger partial charge in [-0.3, -0.25) is 9.69 Å². The van der Waals surface area contributed by atoms with Gasteiger partial charge in [0.25, 0.3) is 5.91 Å². The normalized spacial score (nSPS) is 21.7. The van der Waals surface area contributed by atoms with E-state index >= 15 is 0 Å². The fourth-order valence-electron chi connectivity index (χ4n) is 3.86. The molecule has 7 heteroatoms. The highest BCUT2D eigenvalue weighted by molar-refractivity contribution is 5.95. The predicted molar refractivity (Wildman–Crippen MR) is 94.9 cm³/mol. The van der Waals surface area contributed by atoms with Crippen molar-refractivity contribution in [2.24, 2.45) is 0 Å². The summed E-state index contributed by atoms with van der Waals surface area (Å²) >= 11 is 0. The van der Waals surface area contributed by atoms with E-state index in [0.717, 1.165) is 17.7 Å². The molecule has 2 amide bonds. The Balaban J connectivity index is 1.63. The first-order valence-corrected chi connectivity index (χ1v) is 8.75. The average Bonchev–Trinajstić information content (AvgIpc) is 3.00. The summed E-state index contributed by atoms with van der Waals surface area (Å²) in [6, 6.07) is 13.1. The number of nitrogens with zero attached hydrogens (tertiary/aromatic N) is 2. The van der Waals surface area contributed by atoms with E-state index < -0.39 is 17.3 Å². The van der Waals surface area contributed by atoms with Crippen molar-refractivity contribution in [3.63, 3.8) is 0 Å². The molecular weight excluding hydrogens is 351 g/mol. The van der Waals surface area contributed by atoms with Gasteiger partial charge in [0.15, 0.2) is 0 Å². The van der Waals surface area contributed by atoms with Gasteiger partial charge in [-0.25, -0.2) is 9.18 Å². The van der Waals surface area contributed by atoms with Gasteiger partial charge in [0, 0.05) is 26.1 Å². The van der Waals surface area contributed by atoms with Crippen LogP contribution in [0.4, 0.5) is 9.18 Å². The number of ether oxygens (including phenoxy) is 1. The van der Waals surface area contributed by atoms with Crippen molar-refractivity contribution in [3.05, 3.63) is 65.5 Å². The zero-order valence-electron chi connectivity index (χ0n) is 14.6. The zero-order valence-corrected chi connectivity index (χ0v) is 14.6. The van der Waals surface area contributed by atoms with Crippen molar-refractivity contribution in [2.45, 2.75) is 12.0 Å². The number of hydrogen-bond donors (Lipinski definition) is 1. The molecule has 0 aliphatic carbocycles. The minimum absolute atomic E-state index is 0.170. The van der Waals surface area contributed by atoms with Crippen LogP contribution >= 0.6 is 0 Å². The summed E-state index contributed by atoms with van der Waals surface area (Å²) in [4.78, 5) is 28.2. The largest absolute Gasteiger partial charge is 0.508 e. The molecule has 0 spiro atoms. The summed E-state index contributed by atoms with van der Waals surface area (Å²) in [6.07, 6.45) is 0.146. The van der Waals surface area contributed by atoms with Crippen molar-refractivity contribution < 1.29 is 23.8 Å². The number of carbonyl (C=O) groups is 2. The zero-order chi connectivity index (χ0) is 19.0. The second-order valence-electron chi connectivity index (χ2n) is 6.98. The van der Waals surface area contributed by atoms with E-state index in [0.29, 0.717) is 13.0 Å². The van der Waals surface area contributed by atoms with Crippen LogP contribution in [0.15, 0.2) is 48.5 Å². The summed E-state index contributed by atoms with van der Waals surface area (Å²) in [5, 5.41) is 9.60. The third-order valence-electron chi connectivity index (χ3n) is 5.18. The molecule has 6 nitrogen and oxygen atoms in total. The van der Waals surface area contributed by atoms with Gasteiger partial charge in [0.2, 0.25) is 0 Å². The van der Waals surface area contributed by atoms with Crippen molar-refractivity contribution in [1.82, 2.24) is 9.80 Å². The number of halogens is 1. The first-order chi connectivity index (χ1) is 13.0. The Labute approximate surface area is 155 Å². The summed E-state index contributed by atoms with van der Waals surface area (Å²) in [6.45, 7) is 1.01. The molecule has 2 aliphatic heterocycles. The van der Waals surface area contributed by atoms with E-state index in [9.17, 15) is 19.1 Å². The number of carbonyl (C=O) groups excluding carboxylic acids is 2. The third kappa shape index (κ3) is 3.09. The van der Waals surface area contributed by atoms with Crippen molar-refractivity contribution in [2.75, 3.05) is 26.2 Å². The summed E-state index contributed by atoms with van der Waals surface area (Å²) in [5.41, 5.74) is 0.168. The SMILES string of the molecule is O=C(c1cc(O)ccc1F)N1CCN2C(=O)OCC2(Cc2ccccc2)C1. The molecule has 1 atom stereocenters. The van der Waals surface area contributed by atoms with E-state index in [-0.39, 0.29) is 37.1 Å². The molecular formula is C20H19FN2O4. The Bertz CT molecular complexity index is 889. The molecule has 140 valence electrons. The molecule has 1 N–H and O–H groups in total. The highest BCUT2D eigenvalue weighted by Gasteiger charge is 2.51. The molecule has 2 aromatic rings. The van der Waals surface area contributed by atoms with Gasteiger partial charge in [0.1, 0.15) is 23.7 Å². The molecule has 2 heterocycles. The number of phenols is 1. The Hall–Kier alpha value is -3.09. The lowest BCUT2D eigenvalue weighted by atomic mass is 9.88. The number of hydrogen-bond acceptors (Lipinski definition) is 4. The molecule has 2 aromatic carbocycles. The molecule has 2 saturated heterocycles. The van der Waals surface area contributed by atoms with Gasteiger partial charge in [-0.05, 0) is 23.8 Å². The van der Waals surface area contributed by atoms with Gasteiger partial charge >= 0.3 is 6.09 Å². The Kier molecular flexibility index (Phi) is 4.22. The van der Waals surface area contributed by atoms with Crippen LogP contribution in [0.25, 0.3) is 0 Å². The number of cyclic esters (lactones) is 1. The highest BCUT2D eigenvalue weighted by atomic mass is 19.1. The molecule has 1 unspecified atom stereocenters. The second kappa shape index (κ2) is 6.57. The molecule has 0 aromatic heterocycles. The minimum atomic E-state index is -0.684. The monoisotopic (exact) mass is 370 g/mol. The van der Waals surface area contributed by atoms with Gasteiger partial charge in [-0.2, -0.15) is 0 Å². The summed E-state index contributed by atoms with van der Waals surface area (Å²) < 4.78 is 19.4. The molecule has 4 rings (SSSR count). The lowest BCUT2D eigenvalue weighted by molar-refractivity contribution is 0.0371. The average molecular weight is 370 g/mol. The standard InChI is InChI=1S/C20H19FN2O4/c21-17-7-6-15(24)10-16(17)18(25)22-8-9-23-19(26)27-13-20(23,12-22)11-14-4-2-1-3-5-14/h1-7,10,24H,8-9,11-13H2. The molecule has 0 saturated carbocycles. The number of phenolic OH excluding ortho intramolecular Hbond substituents is 1. The number of rotatable bonds is 3. The number of fused-ring (bicyclic) bond motifs is 1. The fourth-order valence-corrected chi connectivity index (χ4v) is 3.86. The molecule has 0 bridgehead atoms. The lowest BCUT2D eigenvalue weighted by Gasteiger charge is -2.44. The van der Waals surface area contributed by atoms with Crippen LogP contribution in [0.2, 0.25) is 0 Å². The quantitative estimate of drug-likeness (QED) is 0.901. The van der Waals surface area contributed by atoms with E-state index in [1.165, 1.54) is 11.0 Å². The summed E-state index contributed by atoms with van der Waals surface area (Å²) in [5.74, 6) is -1.36. The number of amides is 2. The Morgan fingerprint density at radius 1 is 1.19 bits per heavy atom. The molecule has 0 radical (unpaired) electrons.